The lowest BCUT2D eigenvalue weighted by Crippen LogP contribution is -2.30. The van der Waals surface area contributed by atoms with E-state index in [1.54, 1.807) is 0 Å². The second-order valence-corrected chi connectivity index (χ2v) is 4.00. The molecule has 1 rings (SSSR count). The zero-order valence-electron chi connectivity index (χ0n) is 11.7. The molecule has 0 spiro atoms. The largest absolute Gasteiger partial charge is 0.358 e. The van der Waals surface area contributed by atoms with Crippen LogP contribution in [0.15, 0.2) is 0 Å². The first kappa shape index (κ1) is 15.5. The van der Waals surface area contributed by atoms with Gasteiger partial charge in [0, 0.05) is 0 Å². The van der Waals surface area contributed by atoms with Gasteiger partial charge in [-0.3, -0.25) is 4.79 Å². The maximum Gasteiger partial charge on any atom is 0.240 e. The Labute approximate surface area is 118 Å². The Bertz CT molecular complexity index is 568. The summed E-state index contributed by atoms with van der Waals surface area (Å²) < 4.78 is 0. The molecule has 0 saturated carbocycles. The summed E-state index contributed by atoms with van der Waals surface area (Å²) in [6, 6.07) is 2.13. The van der Waals surface area contributed by atoms with Crippen LogP contribution in [0.5, 0.6) is 0 Å². The molecule has 0 atom stereocenters. The Morgan fingerprint density at radius 3 is 2.65 bits per heavy atom. The molecule has 0 bridgehead atoms. The van der Waals surface area contributed by atoms with Crippen LogP contribution in [0.3, 0.4) is 0 Å². The van der Waals surface area contributed by atoms with Gasteiger partial charge in [0.2, 0.25) is 5.91 Å². The van der Waals surface area contributed by atoms with Crippen molar-refractivity contribution in [3.63, 3.8) is 0 Å². The van der Waals surface area contributed by atoms with E-state index in [2.05, 4.69) is 32.8 Å². The average Bonchev–Trinajstić information content (AvgIpc) is 2.49. The molecule has 0 aliphatic heterocycles. The molecular weight excluding hydrogens is 254 g/mol. The van der Waals surface area contributed by atoms with Gasteiger partial charge < -0.3 is 10.6 Å². The number of aromatic nitrogens is 2. The average molecular weight is 271 g/mol. The van der Waals surface area contributed by atoms with Gasteiger partial charge in [0.1, 0.15) is 11.6 Å². The number of anilines is 1. The number of hydrogen-bond donors (Lipinski definition) is 2. The Kier molecular flexibility index (Phi) is 5.99. The Morgan fingerprint density at radius 1 is 1.35 bits per heavy atom. The standard InChI is InChI=1S/C14H17N5O/c1-4-7-16-13(20)9-17-14-11(8-15)10(5-2)12(6-3)18-19-14/h1H,5-7,9H2,2-3H3,(H,16,20)(H,17,19). The third kappa shape index (κ3) is 3.69. The minimum absolute atomic E-state index is 0.000331. The van der Waals surface area contributed by atoms with Gasteiger partial charge in [0.25, 0.3) is 0 Å². The predicted octanol–water partition coefficient (Wildman–Crippen LogP) is 0.634. The summed E-state index contributed by atoms with van der Waals surface area (Å²) in [5, 5.41) is 22.7. The number of carbonyl (C=O) groups is 1. The van der Waals surface area contributed by atoms with Crippen molar-refractivity contribution in [2.24, 2.45) is 0 Å². The third-order valence-electron chi connectivity index (χ3n) is 2.76. The summed E-state index contributed by atoms with van der Waals surface area (Å²) in [5.41, 5.74) is 2.13. The summed E-state index contributed by atoms with van der Waals surface area (Å²) >= 11 is 0. The second-order valence-electron chi connectivity index (χ2n) is 4.00. The van der Waals surface area contributed by atoms with Crippen molar-refractivity contribution < 1.29 is 4.79 Å². The zero-order chi connectivity index (χ0) is 15.0. The minimum atomic E-state index is -0.258. The minimum Gasteiger partial charge on any atom is -0.358 e. The van der Waals surface area contributed by atoms with E-state index in [9.17, 15) is 10.1 Å². The fourth-order valence-electron chi connectivity index (χ4n) is 1.79. The quantitative estimate of drug-likeness (QED) is 0.741. The monoisotopic (exact) mass is 271 g/mol. The summed E-state index contributed by atoms with van der Waals surface area (Å²) in [6.45, 7) is 4.09. The van der Waals surface area contributed by atoms with Gasteiger partial charge in [0.15, 0.2) is 5.82 Å². The van der Waals surface area contributed by atoms with E-state index in [1.807, 2.05) is 13.8 Å². The van der Waals surface area contributed by atoms with Gasteiger partial charge in [-0.05, 0) is 18.4 Å². The molecule has 1 aromatic heterocycles. The number of aryl methyl sites for hydroxylation is 1. The Balaban J connectivity index is 2.89. The molecule has 2 N–H and O–H groups in total. The molecular formula is C14H17N5O. The molecule has 0 radical (unpaired) electrons. The molecule has 6 nitrogen and oxygen atoms in total. The molecule has 6 heteroatoms. The summed E-state index contributed by atoms with van der Waals surface area (Å²) in [4.78, 5) is 11.5. The van der Waals surface area contributed by atoms with Crippen LogP contribution < -0.4 is 10.6 Å². The highest BCUT2D eigenvalue weighted by Crippen LogP contribution is 2.19. The van der Waals surface area contributed by atoms with Crippen molar-refractivity contribution in [3.8, 4) is 18.4 Å². The molecule has 1 heterocycles. The number of amides is 1. The number of nitriles is 1. The molecule has 0 aliphatic rings. The van der Waals surface area contributed by atoms with Crippen LogP contribution in [-0.4, -0.2) is 29.2 Å². The summed E-state index contributed by atoms with van der Waals surface area (Å²) in [6.07, 6.45) is 6.46. The van der Waals surface area contributed by atoms with E-state index < -0.39 is 0 Å². The number of terminal acetylenes is 1. The van der Waals surface area contributed by atoms with Crippen molar-refractivity contribution in [1.29, 1.82) is 5.26 Å². The van der Waals surface area contributed by atoms with Crippen LogP contribution in [-0.2, 0) is 17.6 Å². The molecule has 0 fully saturated rings. The SMILES string of the molecule is C#CCNC(=O)CNc1nnc(CC)c(CC)c1C#N. The van der Waals surface area contributed by atoms with Crippen molar-refractivity contribution in [3.05, 3.63) is 16.8 Å². The highest BCUT2D eigenvalue weighted by atomic mass is 16.1. The highest BCUT2D eigenvalue weighted by Gasteiger charge is 2.14. The lowest BCUT2D eigenvalue weighted by molar-refractivity contribution is -0.119. The molecule has 20 heavy (non-hydrogen) atoms. The van der Waals surface area contributed by atoms with E-state index in [4.69, 9.17) is 6.42 Å². The molecule has 0 aliphatic carbocycles. The van der Waals surface area contributed by atoms with Crippen LogP contribution in [0.1, 0.15) is 30.7 Å². The van der Waals surface area contributed by atoms with Gasteiger partial charge >= 0.3 is 0 Å². The lowest BCUT2D eigenvalue weighted by Gasteiger charge is -2.11. The van der Waals surface area contributed by atoms with E-state index in [1.165, 1.54) is 0 Å². The molecule has 104 valence electrons. The molecule has 0 aromatic carbocycles. The molecule has 0 unspecified atom stereocenters. The smallest absolute Gasteiger partial charge is 0.240 e. The van der Waals surface area contributed by atoms with Gasteiger partial charge in [-0.15, -0.1) is 11.5 Å². The molecule has 1 aromatic rings. The Morgan fingerprint density at radius 2 is 2.10 bits per heavy atom. The number of nitrogens with zero attached hydrogens (tertiary/aromatic N) is 3. The number of carbonyl (C=O) groups excluding carboxylic acids is 1. The number of hydrogen-bond acceptors (Lipinski definition) is 5. The van der Waals surface area contributed by atoms with Crippen molar-refractivity contribution >= 4 is 11.7 Å². The predicted molar refractivity (Wildman–Crippen MR) is 75.8 cm³/mol. The Hall–Kier alpha value is -2.60. The fraction of sp³-hybridized carbons (Fsp3) is 0.429. The summed E-state index contributed by atoms with van der Waals surface area (Å²) in [7, 11) is 0. The van der Waals surface area contributed by atoms with Crippen LogP contribution in [0, 0.1) is 23.7 Å². The molecule has 0 saturated heterocycles. The molecule has 1 amide bonds. The normalized spacial score (nSPS) is 9.40. The van der Waals surface area contributed by atoms with Gasteiger partial charge in [-0.1, -0.05) is 19.8 Å². The van der Waals surface area contributed by atoms with Crippen LogP contribution in [0.2, 0.25) is 0 Å². The maximum atomic E-state index is 11.5. The number of nitrogens with one attached hydrogen (secondary N) is 2. The van der Waals surface area contributed by atoms with Crippen LogP contribution in [0.25, 0.3) is 0 Å². The van der Waals surface area contributed by atoms with Crippen molar-refractivity contribution in [2.75, 3.05) is 18.4 Å². The summed E-state index contributed by atoms with van der Waals surface area (Å²) in [5.74, 6) is 2.39. The second kappa shape index (κ2) is 7.75. The van der Waals surface area contributed by atoms with Crippen molar-refractivity contribution in [2.45, 2.75) is 26.7 Å². The first-order valence-corrected chi connectivity index (χ1v) is 6.40. The van der Waals surface area contributed by atoms with E-state index >= 15 is 0 Å². The van der Waals surface area contributed by atoms with E-state index in [0.717, 1.165) is 11.3 Å². The maximum absolute atomic E-state index is 11.5. The third-order valence-corrected chi connectivity index (χ3v) is 2.76. The van der Waals surface area contributed by atoms with Gasteiger partial charge in [0.05, 0.1) is 18.8 Å². The van der Waals surface area contributed by atoms with Gasteiger partial charge in [-0.2, -0.15) is 10.4 Å². The topological polar surface area (TPSA) is 90.7 Å². The van der Waals surface area contributed by atoms with Crippen molar-refractivity contribution in [1.82, 2.24) is 15.5 Å². The van der Waals surface area contributed by atoms with E-state index in [-0.39, 0.29) is 19.0 Å². The lowest BCUT2D eigenvalue weighted by atomic mass is 10.0. The van der Waals surface area contributed by atoms with E-state index in [0.29, 0.717) is 24.2 Å². The first-order chi connectivity index (χ1) is 9.67. The van der Waals surface area contributed by atoms with Crippen LogP contribution >= 0.6 is 0 Å². The zero-order valence-corrected chi connectivity index (χ0v) is 11.7. The highest BCUT2D eigenvalue weighted by molar-refractivity contribution is 5.81. The van der Waals surface area contributed by atoms with Crippen LogP contribution in [0.4, 0.5) is 5.82 Å². The fourth-order valence-corrected chi connectivity index (χ4v) is 1.79. The van der Waals surface area contributed by atoms with Gasteiger partial charge in [-0.25, -0.2) is 0 Å². The number of rotatable bonds is 6. The first-order valence-electron chi connectivity index (χ1n) is 6.40.